The smallest absolute Gasteiger partial charge is 0.0743 e. The minimum atomic E-state index is -0.610. The van der Waals surface area contributed by atoms with E-state index in [-0.39, 0.29) is 5.41 Å². The number of β-amino-alcohol motifs (C(OH)–C–C–N with tert-alkyl or cyclic N) is 1. The van der Waals surface area contributed by atoms with Crippen molar-refractivity contribution in [1.29, 1.82) is 5.26 Å². The summed E-state index contributed by atoms with van der Waals surface area (Å²) in [5.74, 6) is 0. The topological polar surface area (TPSA) is 47.3 Å². The van der Waals surface area contributed by atoms with Crippen molar-refractivity contribution >= 4 is 0 Å². The Kier molecular flexibility index (Phi) is 3.18. The second kappa shape index (κ2) is 3.88. The molecule has 0 radical (unpaired) electrons. The van der Waals surface area contributed by atoms with Gasteiger partial charge in [0.15, 0.2) is 0 Å². The van der Waals surface area contributed by atoms with Crippen molar-refractivity contribution in [2.75, 3.05) is 19.6 Å². The average Bonchev–Trinajstić information content (AvgIpc) is 2.48. The van der Waals surface area contributed by atoms with Crippen LogP contribution in [0.15, 0.2) is 0 Å². The van der Waals surface area contributed by atoms with Crippen LogP contribution in [0.5, 0.6) is 0 Å². The van der Waals surface area contributed by atoms with E-state index in [0.29, 0.717) is 6.54 Å². The molecule has 0 aromatic carbocycles. The minimum Gasteiger partial charge on any atom is -0.389 e. The van der Waals surface area contributed by atoms with Crippen molar-refractivity contribution in [3.8, 4) is 6.07 Å². The highest BCUT2D eigenvalue weighted by molar-refractivity contribution is 5.02. The van der Waals surface area contributed by atoms with E-state index in [4.69, 9.17) is 5.26 Å². The first kappa shape index (κ1) is 11.5. The van der Waals surface area contributed by atoms with Crippen molar-refractivity contribution in [3.63, 3.8) is 0 Å². The molecule has 1 N–H and O–H groups in total. The molecule has 1 aliphatic rings. The lowest BCUT2D eigenvalue weighted by molar-refractivity contribution is 0.0214. The summed E-state index contributed by atoms with van der Waals surface area (Å²) in [6.07, 6.45) is 1.68. The summed E-state index contributed by atoms with van der Waals surface area (Å²) in [6, 6.07) is 2.35. The van der Waals surface area contributed by atoms with Gasteiger partial charge in [0.2, 0.25) is 0 Å². The lowest BCUT2D eigenvalue weighted by Gasteiger charge is -2.28. The van der Waals surface area contributed by atoms with Crippen molar-refractivity contribution in [2.24, 2.45) is 5.41 Å². The predicted molar refractivity (Wildman–Crippen MR) is 55.7 cm³/mol. The Morgan fingerprint density at radius 1 is 1.64 bits per heavy atom. The zero-order valence-corrected chi connectivity index (χ0v) is 9.38. The van der Waals surface area contributed by atoms with Gasteiger partial charge in [0, 0.05) is 13.1 Å². The van der Waals surface area contributed by atoms with Gasteiger partial charge in [-0.3, -0.25) is 4.90 Å². The van der Waals surface area contributed by atoms with Crippen LogP contribution in [0.3, 0.4) is 0 Å². The van der Waals surface area contributed by atoms with Crippen LogP contribution in [0.2, 0.25) is 0 Å². The summed E-state index contributed by atoms with van der Waals surface area (Å²) in [7, 11) is 0. The van der Waals surface area contributed by atoms with Gasteiger partial charge >= 0.3 is 0 Å². The molecule has 1 aliphatic heterocycles. The molecule has 1 saturated heterocycles. The number of likely N-dealkylation sites (tertiary alicyclic amines) is 1. The summed E-state index contributed by atoms with van der Waals surface area (Å²) in [5.41, 5.74) is -0.815. The summed E-state index contributed by atoms with van der Waals surface area (Å²) in [6.45, 7) is 8.24. The fourth-order valence-corrected chi connectivity index (χ4v) is 1.88. The molecule has 0 amide bonds. The summed E-state index contributed by atoms with van der Waals surface area (Å²) in [4.78, 5) is 2.19. The maximum absolute atomic E-state index is 9.90. The molecule has 1 fully saturated rings. The molecule has 0 spiro atoms. The van der Waals surface area contributed by atoms with Gasteiger partial charge in [-0.2, -0.15) is 5.26 Å². The normalized spacial score (nSPS) is 32.5. The fourth-order valence-electron chi connectivity index (χ4n) is 1.88. The highest BCUT2D eigenvalue weighted by atomic mass is 16.3. The largest absolute Gasteiger partial charge is 0.389 e. The second-order valence-corrected chi connectivity index (χ2v) is 4.98. The van der Waals surface area contributed by atoms with E-state index >= 15 is 0 Å². The number of nitriles is 1. The molecule has 2 unspecified atom stereocenters. The molecular weight excluding hydrogens is 176 g/mol. The van der Waals surface area contributed by atoms with Gasteiger partial charge in [0.1, 0.15) is 0 Å². The standard InChI is InChI=1S/C11H20N2O/c1-4-11(3,14)9-13-6-5-10(2,7-12)8-13/h14H,4-6,8-9H2,1-3H3. The van der Waals surface area contributed by atoms with Gasteiger partial charge in [-0.05, 0) is 33.2 Å². The van der Waals surface area contributed by atoms with Crippen molar-refractivity contribution in [1.82, 2.24) is 4.90 Å². The molecule has 0 aromatic rings. The van der Waals surface area contributed by atoms with E-state index in [1.165, 1.54) is 0 Å². The molecule has 1 heterocycles. The van der Waals surface area contributed by atoms with E-state index in [0.717, 1.165) is 25.9 Å². The Hall–Kier alpha value is -0.590. The summed E-state index contributed by atoms with van der Waals surface area (Å²) in [5, 5.41) is 18.9. The summed E-state index contributed by atoms with van der Waals surface area (Å²) >= 11 is 0. The average molecular weight is 196 g/mol. The quantitative estimate of drug-likeness (QED) is 0.742. The molecule has 2 atom stereocenters. The first-order valence-corrected chi connectivity index (χ1v) is 5.27. The van der Waals surface area contributed by atoms with Gasteiger partial charge in [-0.25, -0.2) is 0 Å². The van der Waals surface area contributed by atoms with Crippen molar-refractivity contribution in [2.45, 2.75) is 39.2 Å². The molecule has 0 aromatic heterocycles. The van der Waals surface area contributed by atoms with Crippen LogP contribution >= 0.6 is 0 Å². The number of hydrogen-bond donors (Lipinski definition) is 1. The maximum atomic E-state index is 9.90. The van der Waals surface area contributed by atoms with Gasteiger partial charge in [0.05, 0.1) is 17.1 Å². The van der Waals surface area contributed by atoms with Crippen molar-refractivity contribution < 1.29 is 5.11 Å². The monoisotopic (exact) mass is 196 g/mol. The lowest BCUT2D eigenvalue weighted by Crippen LogP contribution is -2.39. The third-order valence-corrected chi connectivity index (χ3v) is 3.15. The summed E-state index contributed by atoms with van der Waals surface area (Å²) < 4.78 is 0. The number of nitrogens with zero attached hydrogens (tertiary/aromatic N) is 2. The number of rotatable bonds is 3. The van der Waals surface area contributed by atoms with E-state index < -0.39 is 5.60 Å². The first-order chi connectivity index (χ1) is 6.41. The molecule has 0 bridgehead atoms. The van der Waals surface area contributed by atoms with Gasteiger partial charge in [-0.15, -0.1) is 0 Å². The highest BCUT2D eigenvalue weighted by Gasteiger charge is 2.36. The van der Waals surface area contributed by atoms with Gasteiger partial charge in [-0.1, -0.05) is 6.92 Å². The van der Waals surface area contributed by atoms with E-state index in [2.05, 4.69) is 11.0 Å². The number of hydrogen-bond acceptors (Lipinski definition) is 3. The van der Waals surface area contributed by atoms with Crippen molar-refractivity contribution in [3.05, 3.63) is 0 Å². The minimum absolute atomic E-state index is 0.205. The Bertz CT molecular complexity index is 244. The SMILES string of the molecule is CCC(C)(O)CN1CCC(C)(C#N)C1. The van der Waals surface area contributed by atoms with Crippen LogP contribution in [0.25, 0.3) is 0 Å². The zero-order valence-electron chi connectivity index (χ0n) is 9.38. The Balaban J connectivity index is 2.49. The van der Waals surface area contributed by atoms with Crippen LogP contribution in [-0.2, 0) is 0 Å². The lowest BCUT2D eigenvalue weighted by atomic mass is 9.92. The molecule has 0 aliphatic carbocycles. The molecule has 3 heteroatoms. The zero-order chi connectivity index (χ0) is 10.8. The van der Waals surface area contributed by atoms with Crippen LogP contribution in [-0.4, -0.2) is 35.2 Å². The Labute approximate surface area is 86.3 Å². The molecule has 14 heavy (non-hydrogen) atoms. The van der Waals surface area contributed by atoms with Crippen LogP contribution < -0.4 is 0 Å². The molecular formula is C11H20N2O. The van der Waals surface area contributed by atoms with Gasteiger partial charge in [0.25, 0.3) is 0 Å². The molecule has 3 nitrogen and oxygen atoms in total. The fraction of sp³-hybridized carbons (Fsp3) is 0.909. The first-order valence-electron chi connectivity index (χ1n) is 5.27. The van der Waals surface area contributed by atoms with E-state index in [9.17, 15) is 5.11 Å². The molecule has 0 saturated carbocycles. The van der Waals surface area contributed by atoms with E-state index in [1.807, 2.05) is 20.8 Å². The third-order valence-electron chi connectivity index (χ3n) is 3.15. The predicted octanol–water partition coefficient (Wildman–Crippen LogP) is 1.38. The Morgan fingerprint density at radius 3 is 2.71 bits per heavy atom. The maximum Gasteiger partial charge on any atom is 0.0743 e. The van der Waals surface area contributed by atoms with Crippen LogP contribution in [0, 0.1) is 16.7 Å². The molecule has 80 valence electrons. The van der Waals surface area contributed by atoms with Crippen LogP contribution in [0.4, 0.5) is 0 Å². The Morgan fingerprint density at radius 2 is 2.29 bits per heavy atom. The second-order valence-electron chi connectivity index (χ2n) is 4.98. The van der Waals surface area contributed by atoms with Gasteiger partial charge < -0.3 is 5.11 Å². The third kappa shape index (κ3) is 2.70. The molecule has 1 rings (SSSR count). The highest BCUT2D eigenvalue weighted by Crippen LogP contribution is 2.29. The van der Waals surface area contributed by atoms with E-state index in [1.54, 1.807) is 0 Å². The number of aliphatic hydroxyl groups is 1. The van der Waals surface area contributed by atoms with Crippen LogP contribution in [0.1, 0.15) is 33.6 Å².